The van der Waals surface area contributed by atoms with Crippen molar-refractivity contribution in [3.8, 4) is 5.88 Å². The number of para-hydroxylation sites is 2. The molecule has 55 heavy (non-hydrogen) atoms. The van der Waals surface area contributed by atoms with Crippen molar-refractivity contribution in [3.63, 3.8) is 0 Å². The molecule has 5 atom stereocenters. The molecule has 1 unspecified atom stereocenters. The van der Waals surface area contributed by atoms with Gasteiger partial charge in [-0.05, 0) is 57.6 Å². The zero-order chi connectivity index (χ0) is 39.9. The SMILES string of the molecule is C=C[C@@H]1CC1(NC(=O)[C@@H]1C[C@@H](Oc2nc3ccccc3nc2CCc2nccs2)CN1C(=O)[C@@H](NC(=O)OC(C)(C)C)C(C)(C)C)C(=O)NS(=O)(=O)C1CC1. The molecule has 3 N–H and O–H groups in total. The lowest BCUT2D eigenvalue weighted by atomic mass is 9.85. The van der Waals surface area contributed by atoms with Crippen LogP contribution in [0.2, 0.25) is 0 Å². The van der Waals surface area contributed by atoms with Crippen molar-refractivity contribution in [2.24, 2.45) is 11.3 Å². The Hall–Kier alpha value is -4.64. The van der Waals surface area contributed by atoms with Crippen LogP contribution in [-0.4, -0.2) is 93.2 Å². The normalized spacial score (nSPS) is 23.1. The number of sulfonamides is 1. The van der Waals surface area contributed by atoms with Gasteiger partial charge in [-0.25, -0.2) is 28.2 Å². The van der Waals surface area contributed by atoms with E-state index in [2.05, 4.69) is 26.9 Å². The second kappa shape index (κ2) is 15.1. The molecule has 1 saturated heterocycles. The molecule has 0 spiro atoms. The number of hydrogen-bond acceptors (Lipinski definition) is 12. The van der Waals surface area contributed by atoms with E-state index in [-0.39, 0.29) is 25.3 Å². The highest BCUT2D eigenvalue weighted by Crippen LogP contribution is 2.45. The molecule has 0 bridgehead atoms. The molecular weight excluding hydrogens is 747 g/mol. The van der Waals surface area contributed by atoms with Crippen LogP contribution in [0.1, 0.15) is 77.9 Å². The maximum Gasteiger partial charge on any atom is 0.408 e. The van der Waals surface area contributed by atoms with E-state index >= 15 is 0 Å². The monoisotopic (exact) mass is 795 g/mol. The number of nitrogens with zero attached hydrogens (tertiary/aromatic N) is 4. The highest BCUT2D eigenvalue weighted by atomic mass is 32.2. The number of alkyl carbamates (subject to hydrolysis) is 1. The summed E-state index contributed by atoms with van der Waals surface area (Å²) >= 11 is 1.53. The Morgan fingerprint density at radius 1 is 1.07 bits per heavy atom. The molecule has 296 valence electrons. The molecular formula is C38H49N7O8S2. The first kappa shape index (κ1) is 40.0. The summed E-state index contributed by atoms with van der Waals surface area (Å²) in [6, 6.07) is 5.08. The van der Waals surface area contributed by atoms with Crippen molar-refractivity contribution in [3.05, 3.63) is 59.2 Å². The predicted molar refractivity (Wildman–Crippen MR) is 205 cm³/mol. The van der Waals surface area contributed by atoms with E-state index in [1.165, 1.54) is 22.3 Å². The van der Waals surface area contributed by atoms with Crippen LogP contribution in [0.5, 0.6) is 5.88 Å². The minimum Gasteiger partial charge on any atom is -0.471 e. The van der Waals surface area contributed by atoms with Gasteiger partial charge in [-0.1, -0.05) is 39.0 Å². The lowest BCUT2D eigenvalue weighted by Gasteiger charge is -2.36. The Morgan fingerprint density at radius 2 is 1.76 bits per heavy atom. The van der Waals surface area contributed by atoms with E-state index in [1.807, 2.05) is 29.6 Å². The lowest BCUT2D eigenvalue weighted by Crippen LogP contribution is -2.60. The number of thiazole rings is 1. The largest absolute Gasteiger partial charge is 0.471 e. The zero-order valence-corrected chi connectivity index (χ0v) is 33.6. The van der Waals surface area contributed by atoms with Gasteiger partial charge in [0, 0.05) is 36.8 Å². The first-order chi connectivity index (χ1) is 25.8. The number of benzene rings is 1. The molecule has 1 aromatic carbocycles. The molecule has 0 radical (unpaired) electrons. The second-order valence-electron chi connectivity index (χ2n) is 16.5. The Bertz CT molecular complexity index is 2080. The molecule has 3 aliphatic rings. The molecule has 4 amide bonds. The number of fused-ring (bicyclic) bond motifs is 1. The van der Waals surface area contributed by atoms with Gasteiger partial charge in [-0.2, -0.15) is 0 Å². The van der Waals surface area contributed by atoms with Gasteiger partial charge in [0.15, 0.2) is 0 Å². The molecule has 1 aliphatic heterocycles. The van der Waals surface area contributed by atoms with Gasteiger partial charge < -0.3 is 25.0 Å². The van der Waals surface area contributed by atoms with E-state index in [0.29, 0.717) is 42.4 Å². The Balaban J connectivity index is 1.30. The van der Waals surface area contributed by atoms with E-state index in [1.54, 1.807) is 47.7 Å². The van der Waals surface area contributed by atoms with E-state index in [4.69, 9.17) is 19.4 Å². The van der Waals surface area contributed by atoms with Gasteiger partial charge in [0.1, 0.15) is 35.0 Å². The van der Waals surface area contributed by atoms with Crippen molar-refractivity contribution in [1.29, 1.82) is 0 Å². The highest BCUT2D eigenvalue weighted by Gasteiger charge is 2.62. The smallest absolute Gasteiger partial charge is 0.408 e. The third-order valence-corrected chi connectivity index (χ3v) is 12.5. The number of aromatic nitrogens is 3. The van der Waals surface area contributed by atoms with Crippen LogP contribution in [0.25, 0.3) is 11.0 Å². The number of carbonyl (C=O) groups excluding carboxylic acids is 4. The third-order valence-electron chi connectivity index (χ3n) is 9.81. The molecule has 2 saturated carbocycles. The van der Waals surface area contributed by atoms with Crippen molar-refractivity contribution < 1.29 is 37.1 Å². The number of rotatable bonds is 13. The predicted octanol–water partition coefficient (Wildman–Crippen LogP) is 3.83. The van der Waals surface area contributed by atoms with Crippen LogP contribution in [0, 0.1) is 11.3 Å². The van der Waals surface area contributed by atoms with Gasteiger partial charge in [0.25, 0.3) is 5.91 Å². The van der Waals surface area contributed by atoms with E-state index in [0.717, 1.165) is 5.01 Å². The Kier molecular flexibility index (Phi) is 11.0. The van der Waals surface area contributed by atoms with E-state index in [9.17, 15) is 27.6 Å². The standard InChI is InChI=1S/C38H49N7O8S2/c1-8-22-20-38(22,34(48)44-55(50,51)24-13-14-24)43-31(46)28-19-23(21-45(28)33(47)30(36(2,3)4)42-35(49)53-37(5,6)7)52-32-27(15-16-29-39-17-18-54-29)40-25-11-9-10-12-26(25)41-32/h8-12,17-18,22-24,28,30H,1,13-16,19-21H2,2-7H3,(H,42,49)(H,43,46)(H,44,48)/t22-,23-,28+,30-,38?/m1/s1. The van der Waals surface area contributed by atoms with E-state index < -0.39 is 79.7 Å². The van der Waals surface area contributed by atoms with Gasteiger partial charge in [0.2, 0.25) is 27.7 Å². The van der Waals surface area contributed by atoms with Gasteiger partial charge >= 0.3 is 6.09 Å². The van der Waals surface area contributed by atoms with Crippen LogP contribution in [-0.2, 0) is 42.0 Å². The Labute approximate surface area is 325 Å². The summed E-state index contributed by atoms with van der Waals surface area (Å²) < 4.78 is 39.7. The molecule has 2 aromatic heterocycles. The second-order valence-corrected chi connectivity index (χ2v) is 19.4. The molecule has 17 heteroatoms. The zero-order valence-electron chi connectivity index (χ0n) is 32.0. The number of amides is 4. The summed E-state index contributed by atoms with van der Waals surface area (Å²) in [5, 5.41) is 7.68. The molecule has 15 nitrogen and oxygen atoms in total. The fourth-order valence-corrected chi connectivity index (χ4v) is 8.66. The molecule has 6 rings (SSSR count). The molecule has 3 heterocycles. The number of hydrogen-bond donors (Lipinski definition) is 3. The topological polar surface area (TPSA) is 199 Å². The first-order valence-corrected chi connectivity index (χ1v) is 20.8. The maximum absolute atomic E-state index is 14.6. The molecule has 2 aliphatic carbocycles. The Morgan fingerprint density at radius 3 is 2.35 bits per heavy atom. The fourth-order valence-electron chi connectivity index (χ4n) is 6.67. The average Bonchev–Trinajstić information content (AvgIpc) is 3.98. The average molecular weight is 796 g/mol. The number of carbonyl (C=O) groups is 4. The highest BCUT2D eigenvalue weighted by molar-refractivity contribution is 7.91. The number of ether oxygens (including phenoxy) is 2. The van der Waals surface area contributed by atoms with Crippen molar-refractivity contribution in [1.82, 2.24) is 35.2 Å². The summed E-state index contributed by atoms with van der Waals surface area (Å²) in [5.41, 5.74) is -1.37. The minimum absolute atomic E-state index is 0.00186. The van der Waals surface area contributed by atoms with Crippen molar-refractivity contribution >= 4 is 56.2 Å². The van der Waals surface area contributed by atoms with Crippen LogP contribution in [0.15, 0.2) is 48.5 Å². The van der Waals surface area contributed by atoms with Gasteiger partial charge in [-0.15, -0.1) is 17.9 Å². The summed E-state index contributed by atoms with van der Waals surface area (Å²) in [4.78, 5) is 70.9. The fraction of sp³-hybridized carbons (Fsp3) is 0.553. The van der Waals surface area contributed by atoms with Gasteiger partial charge in [-0.3, -0.25) is 19.1 Å². The quantitative estimate of drug-likeness (QED) is 0.213. The van der Waals surface area contributed by atoms with Crippen molar-refractivity contribution in [2.75, 3.05) is 6.54 Å². The third kappa shape index (κ3) is 9.26. The molecule has 3 fully saturated rings. The van der Waals surface area contributed by atoms with Crippen LogP contribution in [0.4, 0.5) is 4.79 Å². The van der Waals surface area contributed by atoms with Crippen LogP contribution >= 0.6 is 11.3 Å². The number of nitrogens with one attached hydrogen (secondary N) is 3. The number of likely N-dealkylation sites (tertiary alicyclic amines) is 1. The summed E-state index contributed by atoms with van der Waals surface area (Å²) in [7, 11) is -3.91. The summed E-state index contributed by atoms with van der Waals surface area (Å²) in [6.45, 7) is 14.2. The van der Waals surface area contributed by atoms with Crippen LogP contribution < -0.4 is 20.1 Å². The lowest BCUT2D eigenvalue weighted by molar-refractivity contribution is -0.143. The summed E-state index contributed by atoms with van der Waals surface area (Å²) in [5.74, 6) is -2.38. The van der Waals surface area contributed by atoms with Gasteiger partial charge in [0.05, 0.1) is 27.8 Å². The summed E-state index contributed by atoms with van der Waals surface area (Å²) in [6.07, 6.45) is 3.77. The molecule has 3 aromatic rings. The number of aryl methyl sites for hydroxylation is 2. The minimum atomic E-state index is -3.91. The van der Waals surface area contributed by atoms with Crippen LogP contribution in [0.3, 0.4) is 0 Å². The first-order valence-electron chi connectivity index (χ1n) is 18.4. The van der Waals surface area contributed by atoms with Crippen molar-refractivity contribution in [2.45, 2.75) is 115 Å². The maximum atomic E-state index is 14.6.